The summed E-state index contributed by atoms with van der Waals surface area (Å²) >= 11 is 0. The molecule has 5 nitrogen and oxygen atoms in total. The lowest BCUT2D eigenvalue weighted by Crippen LogP contribution is -2.46. The first-order valence-electron chi connectivity index (χ1n) is 8.29. The summed E-state index contributed by atoms with van der Waals surface area (Å²) in [5, 5.41) is 0. The van der Waals surface area contributed by atoms with Crippen LogP contribution in [0.25, 0.3) is 0 Å². The molecule has 5 heteroatoms. The molecule has 0 bridgehead atoms. The van der Waals surface area contributed by atoms with Crippen molar-refractivity contribution in [3.63, 3.8) is 0 Å². The number of carbonyl (C=O) groups is 1. The maximum absolute atomic E-state index is 12.0. The monoisotopic (exact) mass is 297 g/mol. The molecule has 2 aliphatic rings. The Kier molecular flexibility index (Phi) is 5.49. The third kappa shape index (κ3) is 5.47. The number of piperidine rings is 2. The fourth-order valence-electron chi connectivity index (χ4n) is 3.13. The van der Waals surface area contributed by atoms with E-state index < -0.39 is 5.60 Å². The zero-order valence-corrected chi connectivity index (χ0v) is 13.8. The number of hydrogen-bond acceptors (Lipinski definition) is 4. The van der Waals surface area contributed by atoms with Crippen LogP contribution >= 0.6 is 0 Å². The Hall–Kier alpha value is -0.810. The molecule has 0 atom stereocenters. The van der Waals surface area contributed by atoms with Crippen molar-refractivity contribution in [1.82, 2.24) is 9.80 Å². The maximum Gasteiger partial charge on any atom is 0.410 e. The molecule has 2 heterocycles. The fraction of sp³-hybridized carbons (Fsp3) is 0.938. The molecular formula is C16H31N3O2. The molecule has 2 N–H and O–H groups in total. The molecule has 2 saturated heterocycles. The topological polar surface area (TPSA) is 58.8 Å². The summed E-state index contributed by atoms with van der Waals surface area (Å²) in [4.78, 5) is 16.4. The van der Waals surface area contributed by atoms with Gasteiger partial charge in [-0.3, -0.25) is 0 Å². The predicted molar refractivity (Wildman–Crippen MR) is 84.2 cm³/mol. The van der Waals surface area contributed by atoms with Gasteiger partial charge in [0.05, 0.1) is 0 Å². The Morgan fingerprint density at radius 1 is 1.10 bits per heavy atom. The van der Waals surface area contributed by atoms with Crippen molar-refractivity contribution in [2.75, 3.05) is 32.7 Å². The molecule has 0 aromatic rings. The third-order valence-corrected chi connectivity index (χ3v) is 4.41. The van der Waals surface area contributed by atoms with Gasteiger partial charge in [0.15, 0.2) is 0 Å². The van der Waals surface area contributed by atoms with Crippen molar-refractivity contribution >= 4 is 6.09 Å². The Morgan fingerprint density at radius 2 is 1.67 bits per heavy atom. The van der Waals surface area contributed by atoms with E-state index in [4.69, 9.17) is 10.5 Å². The van der Waals surface area contributed by atoms with E-state index >= 15 is 0 Å². The standard InChI is InChI=1S/C16H31N3O2/c1-16(2,3)21-15(20)19-10-4-13(5-11-19)12-18-8-6-14(17)7-9-18/h13-14H,4-12,17H2,1-3H3. The second-order valence-corrected chi connectivity index (χ2v) is 7.55. The number of hydrogen-bond donors (Lipinski definition) is 1. The number of rotatable bonds is 2. The van der Waals surface area contributed by atoms with Crippen LogP contribution in [0.5, 0.6) is 0 Å². The van der Waals surface area contributed by atoms with E-state index in [0.29, 0.717) is 12.0 Å². The van der Waals surface area contributed by atoms with Crippen molar-refractivity contribution in [3.05, 3.63) is 0 Å². The summed E-state index contributed by atoms with van der Waals surface area (Å²) < 4.78 is 5.44. The lowest BCUT2D eigenvalue weighted by Gasteiger charge is -2.37. The van der Waals surface area contributed by atoms with Gasteiger partial charge in [0, 0.05) is 25.7 Å². The lowest BCUT2D eigenvalue weighted by atomic mass is 9.95. The highest BCUT2D eigenvalue weighted by Gasteiger charge is 2.28. The van der Waals surface area contributed by atoms with E-state index in [9.17, 15) is 4.79 Å². The summed E-state index contributed by atoms with van der Waals surface area (Å²) in [6.07, 6.45) is 4.25. The van der Waals surface area contributed by atoms with Gasteiger partial charge in [0.25, 0.3) is 0 Å². The first kappa shape index (κ1) is 16.6. The highest BCUT2D eigenvalue weighted by molar-refractivity contribution is 5.68. The molecule has 0 saturated carbocycles. The summed E-state index contributed by atoms with van der Waals surface area (Å²) in [7, 11) is 0. The van der Waals surface area contributed by atoms with Crippen LogP contribution in [-0.4, -0.2) is 60.3 Å². The van der Waals surface area contributed by atoms with Crippen molar-refractivity contribution in [2.45, 2.75) is 58.1 Å². The number of likely N-dealkylation sites (tertiary alicyclic amines) is 2. The number of nitrogens with zero attached hydrogens (tertiary/aromatic N) is 2. The van der Waals surface area contributed by atoms with Crippen molar-refractivity contribution < 1.29 is 9.53 Å². The van der Waals surface area contributed by atoms with Gasteiger partial charge in [-0.05, 0) is 65.5 Å². The number of ether oxygens (including phenoxy) is 1. The smallest absolute Gasteiger partial charge is 0.410 e. The van der Waals surface area contributed by atoms with E-state index in [1.165, 1.54) is 0 Å². The van der Waals surface area contributed by atoms with Crippen molar-refractivity contribution in [2.24, 2.45) is 11.7 Å². The summed E-state index contributed by atoms with van der Waals surface area (Å²) in [5.74, 6) is 0.706. The molecule has 0 radical (unpaired) electrons. The Morgan fingerprint density at radius 3 is 2.19 bits per heavy atom. The minimum absolute atomic E-state index is 0.162. The van der Waals surface area contributed by atoms with Gasteiger partial charge in [-0.2, -0.15) is 0 Å². The van der Waals surface area contributed by atoms with E-state index in [0.717, 1.165) is 58.4 Å². The Bertz CT molecular complexity index is 338. The Balaban J connectivity index is 1.69. The minimum atomic E-state index is -0.402. The quantitative estimate of drug-likeness (QED) is 0.847. The van der Waals surface area contributed by atoms with Crippen molar-refractivity contribution in [1.29, 1.82) is 0 Å². The normalized spacial score (nSPS) is 23.3. The molecule has 1 amide bonds. The van der Waals surface area contributed by atoms with Gasteiger partial charge in [-0.25, -0.2) is 4.79 Å². The first-order valence-corrected chi connectivity index (χ1v) is 8.29. The van der Waals surface area contributed by atoms with E-state index in [-0.39, 0.29) is 6.09 Å². The molecule has 2 rings (SSSR count). The fourth-order valence-corrected chi connectivity index (χ4v) is 3.13. The highest BCUT2D eigenvalue weighted by atomic mass is 16.6. The highest BCUT2D eigenvalue weighted by Crippen LogP contribution is 2.22. The molecule has 0 spiro atoms. The molecule has 0 aromatic heterocycles. The minimum Gasteiger partial charge on any atom is -0.444 e. The van der Waals surface area contributed by atoms with Gasteiger partial charge in [-0.15, -0.1) is 0 Å². The van der Waals surface area contributed by atoms with Crippen LogP contribution in [-0.2, 0) is 4.74 Å². The van der Waals surface area contributed by atoms with Gasteiger partial charge in [-0.1, -0.05) is 0 Å². The zero-order valence-electron chi connectivity index (χ0n) is 13.8. The first-order chi connectivity index (χ1) is 9.83. The van der Waals surface area contributed by atoms with Crippen LogP contribution in [0.2, 0.25) is 0 Å². The molecule has 0 unspecified atom stereocenters. The maximum atomic E-state index is 12.0. The number of nitrogens with two attached hydrogens (primary N) is 1. The third-order valence-electron chi connectivity index (χ3n) is 4.41. The van der Waals surface area contributed by atoms with Gasteiger partial charge < -0.3 is 20.3 Å². The predicted octanol–water partition coefficient (Wildman–Crippen LogP) is 2.06. The second kappa shape index (κ2) is 6.97. The van der Waals surface area contributed by atoms with Crippen LogP contribution in [0.4, 0.5) is 4.79 Å². The molecule has 122 valence electrons. The molecule has 21 heavy (non-hydrogen) atoms. The molecular weight excluding hydrogens is 266 g/mol. The number of carbonyl (C=O) groups excluding carboxylic acids is 1. The van der Waals surface area contributed by atoms with E-state index in [2.05, 4.69) is 4.90 Å². The van der Waals surface area contributed by atoms with Crippen LogP contribution in [0.15, 0.2) is 0 Å². The Labute approximate surface area is 128 Å². The van der Waals surface area contributed by atoms with Crippen LogP contribution in [0.3, 0.4) is 0 Å². The van der Waals surface area contributed by atoms with Crippen molar-refractivity contribution in [3.8, 4) is 0 Å². The van der Waals surface area contributed by atoms with E-state index in [1.807, 2.05) is 25.7 Å². The molecule has 0 aliphatic carbocycles. The molecule has 2 fully saturated rings. The molecule has 2 aliphatic heterocycles. The average Bonchev–Trinajstić information content (AvgIpc) is 2.40. The molecule has 0 aromatic carbocycles. The van der Waals surface area contributed by atoms with Gasteiger partial charge >= 0.3 is 6.09 Å². The van der Waals surface area contributed by atoms with Gasteiger partial charge in [0.2, 0.25) is 0 Å². The zero-order chi connectivity index (χ0) is 15.5. The number of amides is 1. The average molecular weight is 297 g/mol. The second-order valence-electron chi connectivity index (χ2n) is 7.55. The summed E-state index contributed by atoms with van der Waals surface area (Å²) in [6, 6.07) is 0.398. The van der Waals surface area contributed by atoms with Crippen LogP contribution in [0, 0.1) is 5.92 Å². The van der Waals surface area contributed by atoms with Gasteiger partial charge in [0.1, 0.15) is 5.60 Å². The van der Waals surface area contributed by atoms with Crippen LogP contribution in [0.1, 0.15) is 46.5 Å². The largest absolute Gasteiger partial charge is 0.444 e. The summed E-state index contributed by atoms with van der Waals surface area (Å²) in [6.45, 7) is 10.8. The van der Waals surface area contributed by atoms with Crippen LogP contribution < -0.4 is 5.73 Å². The summed E-state index contributed by atoms with van der Waals surface area (Å²) in [5.41, 5.74) is 5.54. The lowest BCUT2D eigenvalue weighted by molar-refractivity contribution is 0.0166. The SMILES string of the molecule is CC(C)(C)OC(=O)N1CCC(CN2CCC(N)CC2)CC1. The van der Waals surface area contributed by atoms with E-state index in [1.54, 1.807) is 0 Å².